The lowest BCUT2D eigenvalue weighted by Gasteiger charge is -2.10. The van der Waals surface area contributed by atoms with E-state index in [0.29, 0.717) is 5.69 Å². The molecule has 1 heterocycles. The van der Waals surface area contributed by atoms with Crippen LogP contribution in [0.4, 0.5) is 26.3 Å². The number of halogens is 7. The zero-order valence-electron chi connectivity index (χ0n) is 14.9. The monoisotopic (exact) mass is 439 g/mol. The first kappa shape index (κ1) is 21.5. The molecule has 0 bridgehead atoms. The van der Waals surface area contributed by atoms with Gasteiger partial charge in [0.1, 0.15) is 0 Å². The Morgan fingerprint density at radius 1 is 1.17 bits per heavy atom. The molecule has 1 aromatic heterocycles. The summed E-state index contributed by atoms with van der Waals surface area (Å²) in [6.45, 7) is 0.141. The second-order valence-corrected chi connectivity index (χ2v) is 7.11. The van der Waals surface area contributed by atoms with Crippen LogP contribution in [0.1, 0.15) is 52.5 Å². The van der Waals surface area contributed by atoms with E-state index in [4.69, 9.17) is 11.6 Å². The van der Waals surface area contributed by atoms with Crippen molar-refractivity contribution in [1.82, 2.24) is 15.1 Å². The van der Waals surface area contributed by atoms with Gasteiger partial charge in [0.2, 0.25) is 0 Å². The van der Waals surface area contributed by atoms with E-state index in [0.717, 1.165) is 31.0 Å². The number of hydrogen-bond donors (Lipinski definition) is 1. The minimum Gasteiger partial charge on any atom is -0.352 e. The van der Waals surface area contributed by atoms with Crippen LogP contribution < -0.4 is 5.32 Å². The van der Waals surface area contributed by atoms with Crippen LogP contribution in [-0.4, -0.2) is 22.2 Å². The Labute approximate surface area is 166 Å². The highest BCUT2D eigenvalue weighted by atomic mass is 35.5. The molecule has 0 atom stereocenters. The van der Waals surface area contributed by atoms with Crippen LogP contribution in [0.5, 0.6) is 0 Å². The first-order valence-corrected chi connectivity index (χ1v) is 9.15. The molecular formula is C18H16ClF6N3O. The summed E-state index contributed by atoms with van der Waals surface area (Å²) in [6.07, 6.45) is -7.53. The standard InChI is InChI=1S/C18H16ClF6N3O/c19-13-14(10-5-6-10)28(27-15(13)18(23,24)25)8-2-7-26-16(29)11-3-1-4-12(9-11)17(20,21)22/h1,3-4,9-10H,2,5-8H2,(H,26,29). The number of carbonyl (C=O) groups is 1. The fourth-order valence-electron chi connectivity index (χ4n) is 2.92. The molecule has 1 saturated carbocycles. The smallest absolute Gasteiger partial charge is 0.352 e. The van der Waals surface area contributed by atoms with Gasteiger partial charge in [0, 0.05) is 24.6 Å². The second-order valence-electron chi connectivity index (χ2n) is 6.73. The average molecular weight is 440 g/mol. The Balaban J connectivity index is 1.61. The van der Waals surface area contributed by atoms with Crippen LogP contribution in [0.25, 0.3) is 0 Å². The van der Waals surface area contributed by atoms with Crippen molar-refractivity contribution in [3.63, 3.8) is 0 Å². The molecule has 0 radical (unpaired) electrons. The maximum Gasteiger partial charge on any atom is 0.436 e. The normalized spacial score (nSPS) is 14.9. The van der Waals surface area contributed by atoms with Crippen LogP contribution >= 0.6 is 11.6 Å². The van der Waals surface area contributed by atoms with Gasteiger partial charge in [0.15, 0.2) is 5.69 Å². The molecule has 0 spiro atoms. The molecule has 4 nitrogen and oxygen atoms in total. The van der Waals surface area contributed by atoms with Crippen LogP contribution in [0.2, 0.25) is 5.02 Å². The van der Waals surface area contributed by atoms with Crippen LogP contribution in [-0.2, 0) is 18.9 Å². The molecule has 2 aromatic rings. The Bertz CT molecular complexity index is 902. The zero-order chi connectivity index (χ0) is 21.4. The van der Waals surface area contributed by atoms with Crippen molar-refractivity contribution >= 4 is 17.5 Å². The molecule has 1 amide bonds. The van der Waals surface area contributed by atoms with Gasteiger partial charge in [-0.3, -0.25) is 9.48 Å². The second kappa shape index (κ2) is 7.89. The number of amides is 1. The van der Waals surface area contributed by atoms with E-state index in [2.05, 4.69) is 10.4 Å². The van der Waals surface area contributed by atoms with Crippen LogP contribution in [0.15, 0.2) is 24.3 Å². The predicted molar refractivity (Wildman–Crippen MR) is 92.6 cm³/mol. The Kier molecular flexibility index (Phi) is 5.84. The van der Waals surface area contributed by atoms with E-state index in [1.807, 2.05) is 0 Å². The van der Waals surface area contributed by atoms with E-state index < -0.39 is 34.5 Å². The number of benzene rings is 1. The lowest BCUT2D eigenvalue weighted by molar-refractivity contribution is -0.141. The summed E-state index contributed by atoms with van der Waals surface area (Å²) in [6, 6.07) is 3.97. The third kappa shape index (κ3) is 5.04. The molecule has 0 saturated heterocycles. The minimum absolute atomic E-state index is 0.0536. The summed E-state index contributed by atoms with van der Waals surface area (Å²) in [5.41, 5.74) is -1.89. The fourth-order valence-corrected chi connectivity index (χ4v) is 3.32. The van der Waals surface area contributed by atoms with Crippen molar-refractivity contribution in [2.75, 3.05) is 6.54 Å². The van der Waals surface area contributed by atoms with E-state index in [1.165, 1.54) is 10.7 Å². The number of carbonyl (C=O) groups excluding carboxylic acids is 1. The highest BCUT2D eigenvalue weighted by Gasteiger charge is 2.41. The van der Waals surface area contributed by atoms with Crippen molar-refractivity contribution in [2.24, 2.45) is 0 Å². The third-order valence-corrected chi connectivity index (χ3v) is 4.82. The van der Waals surface area contributed by atoms with E-state index >= 15 is 0 Å². The van der Waals surface area contributed by atoms with Crippen LogP contribution in [0, 0.1) is 0 Å². The van der Waals surface area contributed by atoms with Gasteiger partial charge in [0.05, 0.1) is 16.3 Å². The number of aromatic nitrogens is 2. The van der Waals surface area contributed by atoms with E-state index in [9.17, 15) is 31.1 Å². The summed E-state index contributed by atoms with van der Waals surface area (Å²) >= 11 is 5.88. The van der Waals surface area contributed by atoms with Gasteiger partial charge in [-0.15, -0.1) is 0 Å². The van der Waals surface area contributed by atoms with Crippen LogP contribution in [0.3, 0.4) is 0 Å². The van der Waals surface area contributed by atoms with Crippen molar-refractivity contribution in [2.45, 2.75) is 44.1 Å². The first-order valence-electron chi connectivity index (χ1n) is 8.77. The molecule has 1 aliphatic carbocycles. The summed E-state index contributed by atoms with van der Waals surface area (Å²) in [5.74, 6) is -0.765. The Hall–Kier alpha value is -2.23. The van der Waals surface area contributed by atoms with E-state index in [1.54, 1.807) is 0 Å². The highest BCUT2D eigenvalue weighted by molar-refractivity contribution is 6.32. The molecule has 1 aliphatic rings. The number of aryl methyl sites for hydroxylation is 1. The predicted octanol–water partition coefficient (Wildman–Crippen LogP) is 5.27. The van der Waals surface area contributed by atoms with Gasteiger partial charge >= 0.3 is 12.4 Å². The van der Waals surface area contributed by atoms with Gasteiger partial charge in [-0.2, -0.15) is 31.4 Å². The Morgan fingerprint density at radius 2 is 1.86 bits per heavy atom. The Morgan fingerprint density at radius 3 is 2.45 bits per heavy atom. The molecule has 0 unspecified atom stereocenters. The van der Waals surface area contributed by atoms with Gasteiger partial charge in [-0.05, 0) is 37.5 Å². The summed E-state index contributed by atoms with van der Waals surface area (Å²) in [5, 5.41) is 5.64. The fraction of sp³-hybridized carbons (Fsp3) is 0.444. The highest BCUT2D eigenvalue weighted by Crippen LogP contribution is 2.46. The minimum atomic E-state index is -4.66. The molecule has 3 rings (SSSR count). The molecule has 1 N–H and O–H groups in total. The lowest BCUT2D eigenvalue weighted by atomic mass is 10.1. The summed E-state index contributed by atoms with van der Waals surface area (Å²) in [4.78, 5) is 12.0. The number of nitrogens with zero attached hydrogens (tertiary/aromatic N) is 2. The van der Waals surface area contributed by atoms with Gasteiger partial charge in [-0.25, -0.2) is 0 Å². The largest absolute Gasteiger partial charge is 0.436 e. The van der Waals surface area contributed by atoms with Crippen molar-refractivity contribution < 1.29 is 31.1 Å². The van der Waals surface area contributed by atoms with Crippen molar-refractivity contribution in [3.8, 4) is 0 Å². The number of alkyl halides is 6. The molecule has 11 heteroatoms. The maximum absolute atomic E-state index is 13.0. The third-order valence-electron chi connectivity index (χ3n) is 4.45. The number of rotatable bonds is 6. The average Bonchev–Trinajstić information content (AvgIpc) is 3.40. The van der Waals surface area contributed by atoms with E-state index in [-0.39, 0.29) is 31.0 Å². The maximum atomic E-state index is 13.0. The summed E-state index contributed by atoms with van der Waals surface area (Å²) < 4.78 is 78.4. The zero-order valence-corrected chi connectivity index (χ0v) is 15.6. The summed E-state index contributed by atoms with van der Waals surface area (Å²) in [7, 11) is 0. The lowest BCUT2D eigenvalue weighted by Crippen LogP contribution is -2.26. The number of nitrogens with one attached hydrogen (secondary N) is 1. The SMILES string of the molecule is O=C(NCCCn1nc(C(F)(F)F)c(Cl)c1C1CC1)c1cccc(C(F)(F)F)c1. The van der Waals surface area contributed by atoms with Crippen molar-refractivity contribution in [1.29, 1.82) is 0 Å². The molecule has 1 fully saturated rings. The molecule has 158 valence electrons. The topological polar surface area (TPSA) is 46.9 Å². The van der Waals surface area contributed by atoms with Gasteiger partial charge < -0.3 is 5.32 Å². The molecule has 1 aromatic carbocycles. The number of hydrogen-bond acceptors (Lipinski definition) is 2. The van der Waals surface area contributed by atoms with Crippen molar-refractivity contribution in [3.05, 3.63) is 51.8 Å². The van der Waals surface area contributed by atoms with Gasteiger partial charge in [0.25, 0.3) is 5.91 Å². The first-order chi connectivity index (χ1) is 13.5. The van der Waals surface area contributed by atoms with Gasteiger partial charge in [-0.1, -0.05) is 17.7 Å². The molecule has 29 heavy (non-hydrogen) atoms. The quantitative estimate of drug-likeness (QED) is 0.492. The molecule has 0 aliphatic heterocycles. The molecular weight excluding hydrogens is 424 g/mol.